The third kappa shape index (κ3) is 5.90. The fourth-order valence-corrected chi connectivity index (χ4v) is 7.40. The third-order valence-corrected chi connectivity index (χ3v) is 10.1. The average Bonchev–Trinajstić information content (AvgIpc) is 3.20. The van der Waals surface area contributed by atoms with Crippen LogP contribution in [0, 0.1) is 121 Å². The van der Waals surface area contributed by atoms with Gasteiger partial charge >= 0.3 is 46.1 Å². The smallest absolute Gasteiger partial charge is 0.258 e. The van der Waals surface area contributed by atoms with Crippen LogP contribution in [0.5, 0.6) is 0 Å². The summed E-state index contributed by atoms with van der Waals surface area (Å²) in [6.07, 6.45) is -6.97. The minimum atomic E-state index is -6.23. The molecule has 0 N–H and O–H groups in total. The third-order valence-electron chi connectivity index (χ3n) is 10.1. The van der Waals surface area contributed by atoms with Gasteiger partial charge in [-0.05, 0) is 24.3 Å². The summed E-state index contributed by atoms with van der Waals surface area (Å²) in [4.78, 5) is 125. The van der Waals surface area contributed by atoms with Crippen LogP contribution in [-0.2, 0) is 0 Å². The molecule has 40 heteroatoms. The topological polar surface area (TPSA) is 567 Å². The van der Waals surface area contributed by atoms with Crippen LogP contribution in [-0.4, -0.2) is 105 Å². The fraction of sp³-hybridized carbons (Fsp3) is 0.417. The van der Waals surface area contributed by atoms with Crippen LogP contribution in [0.2, 0.25) is 0 Å². The minimum Gasteiger partial charge on any atom is -0.258 e. The van der Waals surface area contributed by atoms with Crippen molar-refractivity contribution in [2.75, 3.05) is 0 Å². The van der Waals surface area contributed by atoms with Gasteiger partial charge in [0, 0.05) is 0 Å². The summed E-state index contributed by atoms with van der Waals surface area (Å²) in [5, 5.41) is 170. The second-order valence-corrected chi connectivity index (χ2v) is 12.9. The van der Waals surface area contributed by atoms with E-state index in [1.807, 2.05) is 0 Å². The lowest BCUT2D eigenvalue weighted by atomic mass is 9.59. The summed E-state index contributed by atoms with van der Waals surface area (Å²) in [6, 6.07) is 0.0789. The summed E-state index contributed by atoms with van der Waals surface area (Å²) < 4.78 is 0. The molecular formula is C24H16N16O24. The van der Waals surface area contributed by atoms with E-state index in [0.717, 1.165) is 60.7 Å². The van der Waals surface area contributed by atoms with E-state index in [1.165, 1.54) is 0 Å². The van der Waals surface area contributed by atoms with Crippen molar-refractivity contribution in [1.82, 2.24) is 0 Å². The van der Waals surface area contributed by atoms with Gasteiger partial charge in [-0.1, -0.05) is 36.4 Å². The molecule has 2 fully saturated rings. The molecule has 336 valence electrons. The Bertz CT molecular complexity index is 2310. The zero-order valence-electron chi connectivity index (χ0n) is 30.3. The molecule has 4 rings (SSSR count). The number of hydrogen-bond donors (Lipinski definition) is 0. The van der Waals surface area contributed by atoms with E-state index in [-0.39, 0.29) is 0 Å². The molecule has 2 aromatic carbocycles. The highest BCUT2D eigenvalue weighted by molar-refractivity contribution is 5.45. The molecule has 0 radical (unpaired) electrons. The standard InChI is InChI=1S/C24H16N16O24/c41-29(42)19(30(43)44)11-21(33(49)50,34(51)52)17(27-25-13-7-3-1-4-8-13)23(37(57)58,38(59)60)15(19)16-20(31(45)46,32(47)48)12-22(35(53)54,36(55)56)18(24(16,39(61)62)40(63)64)28-26-14-9-5-2-6-10-14/h1-10,17-18H,11-12H2. The average molecular weight is 912 g/mol. The van der Waals surface area contributed by atoms with Gasteiger partial charge in [0.25, 0.3) is 11.1 Å². The molecule has 0 heterocycles. The van der Waals surface area contributed by atoms with Crippen molar-refractivity contribution < 1.29 is 59.1 Å². The number of azo groups is 2. The van der Waals surface area contributed by atoms with Crippen LogP contribution in [0.3, 0.4) is 0 Å². The Labute approximate surface area is 343 Å². The SMILES string of the molecule is O=[N+]([O-])C1([N+](=O)[O-])CC([N+](=O)[O-])([N+](=O)[O-])C(N=Nc2ccccc2)C([N+](=O)[O-])([N+](=O)[O-])C1=C1C([N+](=O)[O-])([N+](=O)[O-])CC([N+](=O)[O-])([N+](=O)[O-])C(N=Nc2ccccc2)C1([N+](=O)[O-])[N+](=O)[O-]. The van der Waals surface area contributed by atoms with Gasteiger partial charge in [0.1, 0.15) is 59.1 Å². The van der Waals surface area contributed by atoms with Crippen molar-refractivity contribution in [2.45, 2.75) is 58.9 Å². The first-order chi connectivity index (χ1) is 29.6. The molecule has 0 bridgehead atoms. The molecule has 2 saturated carbocycles. The highest BCUT2D eigenvalue weighted by Gasteiger charge is 3.06. The highest BCUT2D eigenvalue weighted by atomic mass is 16.7. The van der Waals surface area contributed by atoms with Crippen LogP contribution < -0.4 is 0 Å². The first kappa shape index (κ1) is 46.9. The molecule has 2 aliphatic rings. The molecule has 40 nitrogen and oxygen atoms in total. The molecule has 0 amide bonds. The summed E-state index contributed by atoms with van der Waals surface area (Å²) >= 11 is 0. The van der Waals surface area contributed by atoms with Crippen LogP contribution in [0.1, 0.15) is 12.8 Å². The predicted octanol–water partition coefficient (Wildman–Crippen LogP) is 0.894. The van der Waals surface area contributed by atoms with Crippen molar-refractivity contribution >= 4 is 11.4 Å². The monoisotopic (exact) mass is 912 g/mol. The number of nitro groups is 12. The van der Waals surface area contributed by atoms with E-state index in [0.29, 0.717) is 0 Å². The van der Waals surface area contributed by atoms with Crippen molar-refractivity contribution in [1.29, 1.82) is 0 Å². The molecule has 2 atom stereocenters. The van der Waals surface area contributed by atoms with Crippen molar-refractivity contribution in [3.05, 3.63) is 193 Å². The normalized spacial score (nSPS) is 22.3. The minimum absolute atomic E-state index is 0.761. The maximum atomic E-state index is 13.5. The lowest BCUT2D eigenvalue weighted by molar-refractivity contribution is -0.898. The quantitative estimate of drug-likeness (QED) is 0.0742. The van der Waals surface area contributed by atoms with Gasteiger partial charge < -0.3 is 0 Å². The fourth-order valence-electron chi connectivity index (χ4n) is 7.40. The van der Waals surface area contributed by atoms with Crippen LogP contribution in [0.25, 0.3) is 0 Å². The first-order valence-electron chi connectivity index (χ1n) is 16.1. The summed E-state index contributed by atoms with van der Waals surface area (Å²) in [7, 11) is 0. The van der Waals surface area contributed by atoms with Gasteiger partial charge in [0.05, 0.1) is 11.4 Å². The Hall–Kier alpha value is -9.82. The van der Waals surface area contributed by atoms with Gasteiger partial charge in [-0.15, -0.1) is 0 Å². The van der Waals surface area contributed by atoms with Crippen LogP contribution in [0.15, 0.2) is 92.3 Å². The molecule has 2 aromatic rings. The van der Waals surface area contributed by atoms with Crippen molar-refractivity contribution in [3.63, 3.8) is 0 Å². The molecular weight excluding hydrogens is 896 g/mol. The maximum absolute atomic E-state index is 13.5. The number of hydrogen-bond acceptors (Lipinski definition) is 28. The Morgan fingerprint density at radius 3 is 0.781 bits per heavy atom. The van der Waals surface area contributed by atoms with E-state index in [1.54, 1.807) is 0 Å². The van der Waals surface area contributed by atoms with Crippen molar-refractivity contribution in [2.24, 2.45) is 20.5 Å². The molecule has 0 aromatic heterocycles. The zero-order chi connectivity index (χ0) is 48.7. The lowest BCUT2D eigenvalue weighted by Gasteiger charge is -2.39. The van der Waals surface area contributed by atoms with Gasteiger partial charge in [-0.25, -0.2) is 0 Å². The van der Waals surface area contributed by atoms with Crippen molar-refractivity contribution in [3.8, 4) is 0 Å². The Kier molecular flexibility index (Phi) is 11.5. The summed E-state index contributed by atoms with van der Waals surface area (Å²) in [5.74, 6) is 0. The molecule has 0 spiro atoms. The Balaban J connectivity index is 2.72. The summed E-state index contributed by atoms with van der Waals surface area (Å²) in [5.41, 5.74) is -44.6. The van der Waals surface area contributed by atoms with Gasteiger partial charge in [0.15, 0.2) is 0 Å². The van der Waals surface area contributed by atoms with Crippen LogP contribution in [0.4, 0.5) is 11.4 Å². The van der Waals surface area contributed by atoms with Gasteiger partial charge in [0.2, 0.25) is 12.8 Å². The Morgan fingerprint density at radius 1 is 0.359 bits per heavy atom. The number of rotatable bonds is 16. The second kappa shape index (κ2) is 15.7. The number of benzene rings is 2. The van der Waals surface area contributed by atoms with Crippen LogP contribution >= 0.6 is 0 Å². The molecule has 64 heavy (non-hydrogen) atoms. The van der Waals surface area contributed by atoms with E-state index in [4.69, 9.17) is 0 Å². The van der Waals surface area contributed by atoms with E-state index in [2.05, 4.69) is 20.5 Å². The number of nitrogens with zero attached hydrogens (tertiary/aromatic N) is 16. The summed E-state index contributed by atoms with van der Waals surface area (Å²) in [6.45, 7) is 0. The largest absolute Gasteiger partial charge is 0.534 e. The maximum Gasteiger partial charge on any atom is 0.534 e. The van der Waals surface area contributed by atoms with Gasteiger partial charge in [-0.2, -0.15) is 20.5 Å². The Morgan fingerprint density at radius 2 is 0.594 bits per heavy atom. The predicted molar refractivity (Wildman–Crippen MR) is 186 cm³/mol. The van der Waals surface area contributed by atoms with Gasteiger partial charge in [-0.3, -0.25) is 121 Å². The van der Waals surface area contributed by atoms with E-state index in [9.17, 15) is 121 Å². The first-order valence-corrected chi connectivity index (χ1v) is 16.1. The van der Waals surface area contributed by atoms with E-state index >= 15 is 0 Å². The molecule has 2 unspecified atom stereocenters. The molecule has 0 aliphatic heterocycles. The van der Waals surface area contributed by atoms with E-state index < -0.39 is 141 Å². The molecule has 0 saturated heterocycles. The second-order valence-electron chi connectivity index (χ2n) is 12.9. The zero-order valence-corrected chi connectivity index (χ0v) is 30.3. The lowest BCUT2D eigenvalue weighted by Crippen LogP contribution is -2.84. The molecule has 2 aliphatic carbocycles. The highest BCUT2D eigenvalue weighted by Crippen LogP contribution is 2.61.